The van der Waals surface area contributed by atoms with Gasteiger partial charge in [-0.25, -0.2) is 4.79 Å². The van der Waals surface area contributed by atoms with Crippen molar-refractivity contribution in [3.63, 3.8) is 0 Å². The molecule has 0 amide bonds. The van der Waals surface area contributed by atoms with Crippen LogP contribution >= 0.6 is 0 Å². The van der Waals surface area contributed by atoms with Crippen LogP contribution in [0.5, 0.6) is 0 Å². The zero-order valence-electron chi connectivity index (χ0n) is 11.2. The van der Waals surface area contributed by atoms with E-state index in [2.05, 4.69) is 19.2 Å². The Morgan fingerprint density at radius 1 is 1.26 bits per heavy atom. The standard InChI is InChI=1S/C8H8O3.C6H13NO/c9-7(8(10)11)6-4-2-1-3-5-6;1-5-3-7-4-6(2)8-5/h1-5,7,9H,(H,10,11);5-7H,3-4H2,1-2H3. The first-order valence-electron chi connectivity index (χ1n) is 6.32. The number of nitrogens with one attached hydrogen (secondary N) is 1. The predicted molar refractivity (Wildman–Crippen MR) is 71.9 cm³/mol. The quantitative estimate of drug-likeness (QED) is 0.750. The van der Waals surface area contributed by atoms with Crippen LogP contribution in [0.2, 0.25) is 0 Å². The number of carbonyl (C=O) groups is 1. The van der Waals surface area contributed by atoms with Gasteiger partial charge < -0.3 is 20.3 Å². The zero-order valence-corrected chi connectivity index (χ0v) is 11.2. The summed E-state index contributed by atoms with van der Waals surface area (Å²) in [6.45, 7) is 6.18. The van der Waals surface area contributed by atoms with Gasteiger partial charge in [0.05, 0.1) is 12.2 Å². The summed E-state index contributed by atoms with van der Waals surface area (Å²) in [5.74, 6) is -1.23. The van der Waals surface area contributed by atoms with Crippen molar-refractivity contribution in [3.8, 4) is 0 Å². The Kier molecular flexibility index (Phi) is 6.49. The van der Waals surface area contributed by atoms with Gasteiger partial charge in [-0.2, -0.15) is 0 Å². The highest BCUT2D eigenvalue weighted by Crippen LogP contribution is 2.10. The van der Waals surface area contributed by atoms with Gasteiger partial charge in [0.1, 0.15) is 0 Å². The highest BCUT2D eigenvalue weighted by Gasteiger charge is 2.14. The minimum atomic E-state index is -1.41. The van der Waals surface area contributed by atoms with Crippen LogP contribution in [0.1, 0.15) is 25.5 Å². The molecular weight excluding hydrogens is 246 g/mol. The maximum atomic E-state index is 10.2. The smallest absolute Gasteiger partial charge is 0.337 e. The van der Waals surface area contributed by atoms with E-state index < -0.39 is 12.1 Å². The number of aliphatic hydroxyl groups excluding tert-OH is 1. The molecule has 5 heteroatoms. The van der Waals surface area contributed by atoms with Crippen LogP contribution < -0.4 is 5.32 Å². The molecule has 1 aromatic carbocycles. The van der Waals surface area contributed by atoms with Gasteiger partial charge in [0.25, 0.3) is 0 Å². The predicted octanol–water partition coefficient (Wildman–Crippen LogP) is 1.19. The maximum absolute atomic E-state index is 10.2. The lowest BCUT2D eigenvalue weighted by molar-refractivity contribution is -0.146. The van der Waals surface area contributed by atoms with E-state index >= 15 is 0 Å². The summed E-state index contributed by atoms with van der Waals surface area (Å²) >= 11 is 0. The molecule has 0 saturated carbocycles. The highest BCUT2D eigenvalue weighted by molar-refractivity contribution is 5.73. The van der Waals surface area contributed by atoms with Gasteiger partial charge in [-0.3, -0.25) is 0 Å². The molecule has 0 aromatic heterocycles. The third-order valence-electron chi connectivity index (χ3n) is 2.68. The Labute approximate surface area is 113 Å². The van der Waals surface area contributed by atoms with Gasteiger partial charge in [-0.15, -0.1) is 0 Å². The fourth-order valence-corrected chi connectivity index (χ4v) is 1.76. The number of hydrogen-bond donors (Lipinski definition) is 3. The Balaban J connectivity index is 0.000000200. The molecule has 19 heavy (non-hydrogen) atoms. The van der Waals surface area contributed by atoms with Gasteiger partial charge in [-0.05, 0) is 19.4 Å². The molecule has 1 aliphatic rings. The molecule has 2 rings (SSSR count). The van der Waals surface area contributed by atoms with Crippen LogP contribution in [0, 0.1) is 0 Å². The summed E-state index contributed by atoms with van der Waals surface area (Å²) in [4.78, 5) is 10.2. The number of carboxylic acid groups (broad SMARTS) is 1. The molecule has 0 bridgehead atoms. The minimum Gasteiger partial charge on any atom is -0.479 e. The Bertz CT molecular complexity index is 374. The molecule has 3 atom stereocenters. The second kappa shape index (κ2) is 7.89. The number of rotatable bonds is 2. The molecule has 1 heterocycles. The number of aliphatic hydroxyl groups is 1. The normalized spacial score (nSPS) is 23.9. The molecule has 0 aliphatic carbocycles. The Morgan fingerprint density at radius 2 is 1.79 bits per heavy atom. The minimum absolute atomic E-state index is 0.402. The van der Waals surface area contributed by atoms with Gasteiger partial charge in [0, 0.05) is 13.1 Å². The van der Waals surface area contributed by atoms with Crippen LogP contribution in [0.4, 0.5) is 0 Å². The zero-order chi connectivity index (χ0) is 14.3. The van der Waals surface area contributed by atoms with Crippen molar-refractivity contribution in [1.82, 2.24) is 5.32 Å². The molecule has 0 spiro atoms. The Morgan fingerprint density at radius 3 is 2.16 bits per heavy atom. The lowest BCUT2D eigenvalue weighted by Crippen LogP contribution is -2.41. The number of ether oxygens (including phenoxy) is 1. The fraction of sp³-hybridized carbons (Fsp3) is 0.500. The molecule has 1 saturated heterocycles. The first kappa shape index (κ1) is 15.6. The molecule has 1 fully saturated rings. The van der Waals surface area contributed by atoms with Crippen molar-refractivity contribution in [3.05, 3.63) is 35.9 Å². The van der Waals surface area contributed by atoms with Crippen molar-refractivity contribution >= 4 is 5.97 Å². The van der Waals surface area contributed by atoms with Crippen molar-refractivity contribution in [2.24, 2.45) is 0 Å². The molecule has 3 unspecified atom stereocenters. The van der Waals surface area contributed by atoms with E-state index in [-0.39, 0.29) is 0 Å². The number of aliphatic carboxylic acids is 1. The van der Waals surface area contributed by atoms with Gasteiger partial charge >= 0.3 is 5.97 Å². The van der Waals surface area contributed by atoms with Crippen molar-refractivity contribution in [1.29, 1.82) is 0 Å². The van der Waals surface area contributed by atoms with Crippen LogP contribution in [0.3, 0.4) is 0 Å². The fourth-order valence-electron chi connectivity index (χ4n) is 1.76. The number of hydrogen-bond acceptors (Lipinski definition) is 4. The lowest BCUT2D eigenvalue weighted by Gasteiger charge is -2.25. The summed E-state index contributed by atoms with van der Waals surface area (Å²) in [6, 6.07) is 8.26. The summed E-state index contributed by atoms with van der Waals surface area (Å²) in [5, 5.41) is 20.6. The number of carboxylic acids is 1. The summed E-state index contributed by atoms with van der Waals surface area (Å²) in [5.41, 5.74) is 0.403. The third kappa shape index (κ3) is 5.83. The van der Waals surface area contributed by atoms with E-state index in [1.54, 1.807) is 30.3 Å². The van der Waals surface area contributed by atoms with E-state index in [0.717, 1.165) is 13.1 Å². The van der Waals surface area contributed by atoms with Gasteiger partial charge in [-0.1, -0.05) is 30.3 Å². The lowest BCUT2D eigenvalue weighted by atomic mass is 10.1. The molecule has 106 valence electrons. The average molecular weight is 267 g/mol. The van der Waals surface area contributed by atoms with Gasteiger partial charge in [0.15, 0.2) is 6.10 Å². The molecule has 0 radical (unpaired) electrons. The van der Waals surface area contributed by atoms with Crippen LogP contribution in [-0.2, 0) is 9.53 Å². The van der Waals surface area contributed by atoms with E-state index in [0.29, 0.717) is 17.8 Å². The van der Waals surface area contributed by atoms with Gasteiger partial charge in [0.2, 0.25) is 0 Å². The molecular formula is C14H21NO4. The molecule has 3 N–H and O–H groups in total. The SMILES string of the molecule is CC1CNCC(C)O1.O=C(O)C(O)c1ccccc1. The van der Waals surface area contributed by atoms with Crippen molar-refractivity contribution < 1.29 is 19.7 Å². The van der Waals surface area contributed by atoms with E-state index in [1.807, 2.05) is 0 Å². The number of benzene rings is 1. The first-order valence-corrected chi connectivity index (χ1v) is 6.32. The number of morpholine rings is 1. The molecule has 1 aromatic rings. The van der Waals surface area contributed by atoms with Crippen LogP contribution in [-0.4, -0.2) is 41.5 Å². The topological polar surface area (TPSA) is 78.8 Å². The summed E-state index contributed by atoms with van der Waals surface area (Å²) in [6.07, 6.45) is -0.603. The second-order valence-electron chi connectivity index (χ2n) is 4.57. The maximum Gasteiger partial charge on any atom is 0.337 e. The van der Waals surface area contributed by atoms with E-state index in [1.165, 1.54) is 0 Å². The average Bonchev–Trinajstić information content (AvgIpc) is 2.39. The van der Waals surface area contributed by atoms with Crippen LogP contribution in [0.15, 0.2) is 30.3 Å². The highest BCUT2D eigenvalue weighted by atomic mass is 16.5. The molecule has 5 nitrogen and oxygen atoms in total. The molecule has 1 aliphatic heterocycles. The monoisotopic (exact) mass is 267 g/mol. The van der Waals surface area contributed by atoms with E-state index in [9.17, 15) is 4.79 Å². The second-order valence-corrected chi connectivity index (χ2v) is 4.57. The van der Waals surface area contributed by atoms with Crippen LogP contribution in [0.25, 0.3) is 0 Å². The van der Waals surface area contributed by atoms with E-state index in [4.69, 9.17) is 14.9 Å². The largest absolute Gasteiger partial charge is 0.479 e. The summed E-state index contributed by atoms with van der Waals surface area (Å²) < 4.78 is 5.42. The van der Waals surface area contributed by atoms with Crippen molar-refractivity contribution in [2.75, 3.05) is 13.1 Å². The first-order chi connectivity index (χ1) is 9.00. The third-order valence-corrected chi connectivity index (χ3v) is 2.68. The Hall–Kier alpha value is -1.43. The van der Waals surface area contributed by atoms with Crippen molar-refractivity contribution in [2.45, 2.75) is 32.2 Å². The summed E-state index contributed by atoms with van der Waals surface area (Å²) in [7, 11) is 0.